The van der Waals surface area contributed by atoms with Crippen molar-refractivity contribution in [2.45, 2.75) is 6.92 Å². The Morgan fingerprint density at radius 2 is 1.80 bits per heavy atom. The van der Waals surface area contributed by atoms with Crippen LogP contribution in [0.5, 0.6) is 0 Å². The molecule has 0 unspecified atom stereocenters. The number of piperazine rings is 1. The van der Waals surface area contributed by atoms with E-state index in [2.05, 4.69) is 65.2 Å². The molecular formula is C20H24N4O. The number of carbonyl (C=O) groups is 1. The lowest BCUT2D eigenvalue weighted by molar-refractivity contribution is 0.0659. The predicted molar refractivity (Wildman–Crippen MR) is 101 cm³/mol. The molecule has 5 heteroatoms. The summed E-state index contributed by atoms with van der Waals surface area (Å²) < 4.78 is 0. The summed E-state index contributed by atoms with van der Waals surface area (Å²) in [6, 6.07) is 10.5. The maximum Gasteiger partial charge on any atom is 0.270 e. The highest BCUT2D eigenvalue weighted by atomic mass is 16.2. The van der Waals surface area contributed by atoms with Crippen molar-refractivity contribution in [1.82, 2.24) is 14.8 Å². The average Bonchev–Trinajstić information content (AvgIpc) is 3.07. The Labute approximate surface area is 148 Å². The second kappa shape index (κ2) is 6.41. The molecule has 1 amide bonds. The van der Waals surface area contributed by atoms with Gasteiger partial charge in [-0.2, -0.15) is 0 Å². The largest absolute Gasteiger partial charge is 0.337 e. The number of nitrogens with zero attached hydrogens (tertiary/aromatic N) is 3. The number of anilines is 2. The van der Waals surface area contributed by atoms with E-state index in [9.17, 15) is 4.79 Å². The highest BCUT2D eigenvalue weighted by molar-refractivity contribution is 5.95. The Balaban J connectivity index is 1.60. The molecule has 1 fully saturated rings. The van der Waals surface area contributed by atoms with E-state index in [1.54, 1.807) is 0 Å². The molecule has 0 aliphatic carbocycles. The molecule has 1 saturated heterocycles. The molecule has 1 aromatic heterocycles. The molecule has 2 aliphatic rings. The van der Waals surface area contributed by atoms with Crippen molar-refractivity contribution in [2.24, 2.45) is 0 Å². The Kier molecular flexibility index (Phi) is 4.09. The van der Waals surface area contributed by atoms with E-state index >= 15 is 0 Å². The van der Waals surface area contributed by atoms with Crippen LogP contribution in [0.1, 0.15) is 21.6 Å². The minimum absolute atomic E-state index is 0.0970. The number of nitrogens with one attached hydrogen (secondary N) is 1. The molecule has 3 heterocycles. The van der Waals surface area contributed by atoms with Crippen molar-refractivity contribution >= 4 is 23.5 Å². The number of likely N-dealkylation sites (N-methyl/N-ethyl adjacent to an activating group) is 1. The number of aromatic nitrogens is 1. The van der Waals surface area contributed by atoms with E-state index in [0.29, 0.717) is 5.69 Å². The van der Waals surface area contributed by atoms with E-state index < -0.39 is 0 Å². The van der Waals surface area contributed by atoms with Crippen molar-refractivity contribution in [3.05, 3.63) is 53.2 Å². The van der Waals surface area contributed by atoms with Crippen LogP contribution in [-0.4, -0.2) is 60.5 Å². The van der Waals surface area contributed by atoms with Gasteiger partial charge in [-0.1, -0.05) is 29.8 Å². The van der Waals surface area contributed by atoms with Crippen LogP contribution in [0.25, 0.3) is 6.08 Å². The monoisotopic (exact) mass is 336 g/mol. The van der Waals surface area contributed by atoms with Crippen molar-refractivity contribution in [3.63, 3.8) is 0 Å². The molecule has 130 valence electrons. The summed E-state index contributed by atoms with van der Waals surface area (Å²) in [5, 5.41) is 0. The molecule has 0 bridgehead atoms. The summed E-state index contributed by atoms with van der Waals surface area (Å²) >= 11 is 0. The number of aryl methyl sites for hydroxylation is 1. The molecule has 4 rings (SSSR count). The van der Waals surface area contributed by atoms with E-state index in [1.807, 2.05) is 11.0 Å². The maximum absolute atomic E-state index is 12.8. The molecule has 1 N–H and O–H groups in total. The second-order valence-electron chi connectivity index (χ2n) is 6.93. The predicted octanol–water partition coefficient (Wildman–Crippen LogP) is 2.88. The molecule has 25 heavy (non-hydrogen) atoms. The van der Waals surface area contributed by atoms with Gasteiger partial charge in [-0.05, 0) is 32.2 Å². The molecule has 0 spiro atoms. The van der Waals surface area contributed by atoms with Crippen LogP contribution in [0.2, 0.25) is 0 Å². The quantitative estimate of drug-likeness (QED) is 0.917. The van der Waals surface area contributed by atoms with Crippen LogP contribution in [-0.2, 0) is 0 Å². The lowest BCUT2D eigenvalue weighted by Crippen LogP contribution is -2.47. The maximum atomic E-state index is 12.8. The Morgan fingerprint density at radius 1 is 1.08 bits per heavy atom. The number of aromatic amines is 1. The fourth-order valence-electron chi connectivity index (χ4n) is 3.44. The van der Waals surface area contributed by atoms with Gasteiger partial charge in [0.25, 0.3) is 5.91 Å². The molecule has 1 aromatic carbocycles. The molecular weight excluding hydrogens is 312 g/mol. The van der Waals surface area contributed by atoms with Gasteiger partial charge in [-0.25, -0.2) is 0 Å². The lowest BCUT2D eigenvalue weighted by Gasteiger charge is -2.32. The number of hydrogen-bond donors (Lipinski definition) is 1. The number of amides is 1. The van der Waals surface area contributed by atoms with Crippen LogP contribution in [0, 0.1) is 6.92 Å². The van der Waals surface area contributed by atoms with E-state index in [4.69, 9.17) is 0 Å². The number of hydrogen-bond acceptors (Lipinski definition) is 3. The first kappa shape index (κ1) is 16.0. The smallest absolute Gasteiger partial charge is 0.270 e. The van der Waals surface area contributed by atoms with Crippen molar-refractivity contribution in [2.75, 3.05) is 44.7 Å². The van der Waals surface area contributed by atoms with Gasteiger partial charge in [0.15, 0.2) is 0 Å². The molecule has 0 radical (unpaired) electrons. The third-order valence-electron chi connectivity index (χ3n) is 5.05. The third kappa shape index (κ3) is 3.07. The van der Waals surface area contributed by atoms with E-state index in [1.165, 1.54) is 5.56 Å². The first-order chi connectivity index (χ1) is 12.1. The standard InChI is InChI=1S/C20H24N4O/c1-15-5-7-17(8-6-15)24-9-3-4-16-14-18(21-19(16)24)20(25)23-12-10-22(2)11-13-23/h3-8,14,21H,9-13H2,1-2H3. The van der Waals surface area contributed by atoms with Crippen molar-refractivity contribution in [1.29, 1.82) is 0 Å². The first-order valence-corrected chi connectivity index (χ1v) is 8.83. The fourth-order valence-corrected chi connectivity index (χ4v) is 3.44. The average molecular weight is 336 g/mol. The SMILES string of the molecule is Cc1ccc(N2CC=Cc3cc(C(=O)N4CCN(C)CC4)[nH]c32)cc1. The number of fused-ring (bicyclic) bond motifs is 1. The van der Waals surface area contributed by atoms with Gasteiger partial charge >= 0.3 is 0 Å². The van der Waals surface area contributed by atoms with Crippen LogP contribution in [0.15, 0.2) is 36.4 Å². The highest BCUT2D eigenvalue weighted by Gasteiger charge is 2.25. The zero-order chi connectivity index (χ0) is 17.4. The van der Waals surface area contributed by atoms with Gasteiger partial charge in [0.05, 0.1) is 0 Å². The summed E-state index contributed by atoms with van der Waals surface area (Å²) in [5.41, 5.74) is 4.13. The molecule has 0 saturated carbocycles. The lowest BCUT2D eigenvalue weighted by atomic mass is 10.1. The molecule has 0 atom stereocenters. The number of H-pyrrole nitrogens is 1. The topological polar surface area (TPSA) is 42.6 Å². The molecule has 2 aliphatic heterocycles. The van der Waals surface area contributed by atoms with Crippen molar-refractivity contribution < 1.29 is 4.79 Å². The minimum atomic E-state index is 0.0970. The zero-order valence-electron chi connectivity index (χ0n) is 14.8. The summed E-state index contributed by atoms with van der Waals surface area (Å²) in [5.74, 6) is 1.10. The Morgan fingerprint density at radius 3 is 2.52 bits per heavy atom. The number of rotatable bonds is 2. The zero-order valence-corrected chi connectivity index (χ0v) is 14.8. The minimum Gasteiger partial charge on any atom is -0.337 e. The van der Waals surface area contributed by atoms with Crippen LogP contribution < -0.4 is 4.90 Å². The van der Waals surface area contributed by atoms with E-state index in [0.717, 1.165) is 49.8 Å². The summed E-state index contributed by atoms with van der Waals surface area (Å²) in [4.78, 5) is 22.6. The molecule has 5 nitrogen and oxygen atoms in total. The summed E-state index contributed by atoms with van der Waals surface area (Å²) in [6.07, 6.45) is 4.23. The van der Waals surface area contributed by atoms with Gasteiger partial charge < -0.3 is 19.7 Å². The van der Waals surface area contributed by atoms with Crippen LogP contribution >= 0.6 is 0 Å². The van der Waals surface area contributed by atoms with E-state index in [-0.39, 0.29) is 5.91 Å². The highest BCUT2D eigenvalue weighted by Crippen LogP contribution is 2.32. The summed E-state index contributed by atoms with van der Waals surface area (Å²) in [7, 11) is 2.10. The van der Waals surface area contributed by atoms with Gasteiger partial charge in [-0.3, -0.25) is 4.79 Å². The van der Waals surface area contributed by atoms with Gasteiger partial charge in [0.2, 0.25) is 0 Å². The van der Waals surface area contributed by atoms with Gasteiger partial charge in [-0.15, -0.1) is 0 Å². The van der Waals surface area contributed by atoms with Crippen LogP contribution in [0.3, 0.4) is 0 Å². The summed E-state index contributed by atoms with van der Waals surface area (Å²) in [6.45, 7) is 6.33. The van der Waals surface area contributed by atoms with Crippen LogP contribution in [0.4, 0.5) is 11.5 Å². The first-order valence-electron chi connectivity index (χ1n) is 8.83. The Bertz CT molecular complexity index is 798. The third-order valence-corrected chi connectivity index (χ3v) is 5.05. The fraction of sp³-hybridized carbons (Fsp3) is 0.350. The van der Waals surface area contributed by atoms with Gasteiger partial charge in [0, 0.05) is 44.0 Å². The van der Waals surface area contributed by atoms with Crippen molar-refractivity contribution in [3.8, 4) is 0 Å². The van der Waals surface area contributed by atoms with Gasteiger partial charge in [0.1, 0.15) is 11.5 Å². The Hall–Kier alpha value is -2.53. The molecule has 2 aromatic rings. The normalized spacial score (nSPS) is 17.7. The number of benzene rings is 1. The number of carbonyl (C=O) groups excluding carboxylic acids is 1. The second-order valence-corrected chi connectivity index (χ2v) is 6.93.